The van der Waals surface area contributed by atoms with E-state index in [1.165, 1.54) is 0 Å². The van der Waals surface area contributed by atoms with Gasteiger partial charge in [-0.05, 0) is 38.1 Å². The van der Waals surface area contributed by atoms with Gasteiger partial charge in [0.15, 0.2) is 0 Å². The maximum atomic E-state index is 8.88. The summed E-state index contributed by atoms with van der Waals surface area (Å²) in [6, 6.07) is 10.5. The molecule has 0 aliphatic carbocycles. The zero-order valence-electron chi connectivity index (χ0n) is 12.8. The zero-order valence-corrected chi connectivity index (χ0v) is 12.8. The van der Waals surface area contributed by atoms with E-state index in [-0.39, 0.29) is 18.1 Å². The van der Waals surface area contributed by atoms with Crippen LogP contribution in [0.5, 0.6) is 5.75 Å². The second-order valence-electron chi connectivity index (χ2n) is 5.17. The molecule has 0 aromatic heterocycles. The highest BCUT2D eigenvalue weighted by Gasteiger charge is 2.26. The van der Waals surface area contributed by atoms with Crippen molar-refractivity contribution in [2.75, 3.05) is 14.2 Å². The molecule has 0 saturated carbocycles. The zero-order chi connectivity index (χ0) is 15.1. The fourth-order valence-corrected chi connectivity index (χ4v) is 2.36. The van der Waals surface area contributed by atoms with Gasteiger partial charge >= 0.3 is 0 Å². The van der Waals surface area contributed by atoms with E-state index in [0.29, 0.717) is 6.42 Å². The van der Waals surface area contributed by atoms with Crippen molar-refractivity contribution in [2.45, 2.75) is 44.8 Å². The molecule has 0 bridgehead atoms. The van der Waals surface area contributed by atoms with Gasteiger partial charge in [-0.3, -0.25) is 4.90 Å². The predicted molar refractivity (Wildman–Crippen MR) is 81.5 cm³/mol. The van der Waals surface area contributed by atoms with E-state index in [4.69, 9.17) is 15.7 Å². The number of nitrogens with two attached hydrogens (primary N) is 1. The van der Waals surface area contributed by atoms with Gasteiger partial charge < -0.3 is 10.5 Å². The Morgan fingerprint density at radius 2 is 1.95 bits per heavy atom. The van der Waals surface area contributed by atoms with Crippen LogP contribution in [0, 0.1) is 11.3 Å². The fourth-order valence-electron chi connectivity index (χ4n) is 2.36. The number of hydrogen-bond donors (Lipinski definition) is 1. The molecule has 110 valence electrons. The van der Waals surface area contributed by atoms with E-state index in [9.17, 15) is 0 Å². The Kier molecular flexibility index (Phi) is 6.50. The highest BCUT2D eigenvalue weighted by molar-refractivity contribution is 5.30. The number of benzene rings is 1. The molecule has 20 heavy (non-hydrogen) atoms. The number of methoxy groups -OCH3 is 1. The second kappa shape index (κ2) is 7.88. The minimum absolute atomic E-state index is 0.0366. The second-order valence-corrected chi connectivity index (χ2v) is 5.17. The van der Waals surface area contributed by atoms with Crippen molar-refractivity contribution in [3.05, 3.63) is 29.8 Å². The minimum Gasteiger partial charge on any atom is -0.497 e. The molecule has 1 rings (SSSR count). The van der Waals surface area contributed by atoms with Crippen LogP contribution in [0.4, 0.5) is 0 Å². The first kappa shape index (κ1) is 16.5. The topological polar surface area (TPSA) is 62.3 Å². The van der Waals surface area contributed by atoms with Gasteiger partial charge in [-0.25, -0.2) is 0 Å². The first-order chi connectivity index (χ1) is 9.54. The summed E-state index contributed by atoms with van der Waals surface area (Å²) in [5, 5.41) is 8.88. The first-order valence-corrected chi connectivity index (χ1v) is 7.03. The normalized spacial score (nSPS) is 15.4. The molecule has 1 aromatic rings. The third-order valence-corrected chi connectivity index (χ3v) is 3.86. The number of likely N-dealkylation sites (N-methyl/N-ethyl adjacent to an activating group) is 1. The Morgan fingerprint density at radius 1 is 1.35 bits per heavy atom. The summed E-state index contributed by atoms with van der Waals surface area (Å²) < 4.78 is 5.19. The quantitative estimate of drug-likeness (QED) is 0.831. The lowest BCUT2D eigenvalue weighted by Crippen LogP contribution is -2.42. The Balaban J connectivity index is 3.02. The molecule has 4 heteroatoms. The highest BCUT2D eigenvalue weighted by atomic mass is 16.5. The largest absolute Gasteiger partial charge is 0.497 e. The molecule has 0 aliphatic rings. The van der Waals surface area contributed by atoms with Crippen LogP contribution in [-0.4, -0.2) is 31.1 Å². The molecule has 4 nitrogen and oxygen atoms in total. The summed E-state index contributed by atoms with van der Waals surface area (Å²) >= 11 is 0. The first-order valence-electron chi connectivity index (χ1n) is 7.03. The van der Waals surface area contributed by atoms with Crippen LogP contribution < -0.4 is 10.5 Å². The van der Waals surface area contributed by atoms with Crippen LogP contribution in [0.1, 0.15) is 38.3 Å². The van der Waals surface area contributed by atoms with Gasteiger partial charge in [0.25, 0.3) is 0 Å². The van der Waals surface area contributed by atoms with Gasteiger partial charge in [0.05, 0.1) is 19.6 Å². The third-order valence-electron chi connectivity index (χ3n) is 3.86. The standard InChI is InChI=1S/C16H25N3O/c1-5-15(18)16(19(3)12(2)10-11-17)13-6-8-14(20-4)9-7-13/h6-9,12,15-16H,5,10,18H2,1-4H3. The van der Waals surface area contributed by atoms with Gasteiger partial charge in [-0.2, -0.15) is 5.26 Å². The highest BCUT2D eigenvalue weighted by Crippen LogP contribution is 2.27. The molecule has 2 N–H and O–H groups in total. The molecular weight excluding hydrogens is 250 g/mol. The summed E-state index contributed by atoms with van der Waals surface area (Å²) in [5.74, 6) is 0.838. The summed E-state index contributed by atoms with van der Waals surface area (Å²) in [6.07, 6.45) is 1.39. The number of nitriles is 1. The molecule has 0 radical (unpaired) electrons. The van der Waals surface area contributed by atoms with E-state index in [1.807, 2.05) is 19.2 Å². The van der Waals surface area contributed by atoms with E-state index in [2.05, 4.69) is 36.9 Å². The van der Waals surface area contributed by atoms with Crippen LogP contribution in [0.15, 0.2) is 24.3 Å². The smallest absolute Gasteiger partial charge is 0.118 e. The maximum Gasteiger partial charge on any atom is 0.118 e. The minimum atomic E-state index is 0.0366. The van der Waals surface area contributed by atoms with Crippen LogP contribution in [0.3, 0.4) is 0 Å². The molecule has 3 atom stereocenters. The van der Waals surface area contributed by atoms with E-state index in [0.717, 1.165) is 17.7 Å². The number of nitrogens with zero attached hydrogens (tertiary/aromatic N) is 2. The number of hydrogen-bond acceptors (Lipinski definition) is 4. The lowest BCUT2D eigenvalue weighted by atomic mass is 9.95. The third kappa shape index (κ3) is 3.96. The van der Waals surface area contributed by atoms with Crippen LogP contribution >= 0.6 is 0 Å². The number of ether oxygens (including phenoxy) is 1. The van der Waals surface area contributed by atoms with Crippen molar-refractivity contribution in [1.82, 2.24) is 4.90 Å². The lowest BCUT2D eigenvalue weighted by Gasteiger charge is -2.36. The van der Waals surface area contributed by atoms with E-state index in [1.54, 1.807) is 7.11 Å². The Labute approximate surface area is 122 Å². The van der Waals surface area contributed by atoms with E-state index >= 15 is 0 Å². The summed E-state index contributed by atoms with van der Waals surface area (Å²) in [7, 11) is 3.69. The Morgan fingerprint density at radius 3 is 2.40 bits per heavy atom. The SMILES string of the molecule is CCC(N)C(c1ccc(OC)cc1)N(C)C(C)CC#N. The van der Waals surface area contributed by atoms with Gasteiger partial charge in [-0.15, -0.1) is 0 Å². The van der Waals surface area contributed by atoms with Crippen LogP contribution in [-0.2, 0) is 0 Å². The summed E-state index contributed by atoms with van der Waals surface area (Å²) in [4.78, 5) is 2.19. The fraction of sp³-hybridized carbons (Fsp3) is 0.562. The maximum absolute atomic E-state index is 8.88. The average molecular weight is 275 g/mol. The molecule has 0 aliphatic heterocycles. The molecule has 1 aromatic carbocycles. The van der Waals surface area contributed by atoms with Crippen molar-refractivity contribution in [3.8, 4) is 11.8 Å². The molecular formula is C16H25N3O. The molecule has 0 spiro atoms. The van der Waals surface area contributed by atoms with Gasteiger partial charge in [0.2, 0.25) is 0 Å². The molecule has 0 fully saturated rings. The van der Waals surface area contributed by atoms with Crippen molar-refractivity contribution in [1.29, 1.82) is 5.26 Å². The van der Waals surface area contributed by atoms with Crippen molar-refractivity contribution < 1.29 is 4.74 Å². The van der Waals surface area contributed by atoms with Crippen LogP contribution in [0.2, 0.25) is 0 Å². The lowest BCUT2D eigenvalue weighted by molar-refractivity contribution is 0.160. The molecule has 3 unspecified atom stereocenters. The summed E-state index contributed by atoms with van der Waals surface area (Å²) in [6.45, 7) is 4.14. The van der Waals surface area contributed by atoms with Crippen molar-refractivity contribution >= 4 is 0 Å². The predicted octanol–water partition coefficient (Wildman–Crippen LogP) is 2.71. The van der Waals surface area contributed by atoms with E-state index < -0.39 is 0 Å². The Hall–Kier alpha value is -1.57. The monoisotopic (exact) mass is 275 g/mol. The van der Waals surface area contributed by atoms with Crippen molar-refractivity contribution in [2.24, 2.45) is 5.73 Å². The van der Waals surface area contributed by atoms with Gasteiger partial charge in [-0.1, -0.05) is 19.1 Å². The van der Waals surface area contributed by atoms with Gasteiger partial charge in [0.1, 0.15) is 5.75 Å². The molecule has 0 amide bonds. The van der Waals surface area contributed by atoms with Crippen LogP contribution in [0.25, 0.3) is 0 Å². The number of rotatable bonds is 7. The Bertz CT molecular complexity index is 438. The molecule has 0 heterocycles. The summed E-state index contributed by atoms with van der Waals surface area (Å²) in [5.41, 5.74) is 7.46. The van der Waals surface area contributed by atoms with Gasteiger partial charge in [0, 0.05) is 18.1 Å². The molecule has 0 saturated heterocycles. The van der Waals surface area contributed by atoms with Crippen molar-refractivity contribution in [3.63, 3.8) is 0 Å². The average Bonchev–Trinajstić information content (AvgIpc) is 2.48.